The van der Waals surface area contributed by atoms with Crippen LogP contribution in [0.15, 0.2) is 6.33 Å². The van der Waals surface area contributed by atoms with Crippen LogP contribution in [0.2, 0.25) is 0 Å². The predicted octanol–water partition coefficient (Wildman–Crippen LogP) is 0.380. The van der Waals surface area contributed by atoms with Gasteiger partial charge >= 0.3 is 0 Å². The van der Waals surface area contributed by atoms with Crippen LogP contribution in [0.25, 0.3) is 0 Å². The van der Waals surface area contributed by atoms with Crippen molar-refractivity contribution in [3.63, 3.8) is 0 Å². The van der Waals surface area contributed by atoms with Gasteiger partial charge in [-0.05, 0) is 20.3 Å². The summed E-state index contributed by atoms with van der Waals surface area (Å²) in [4.78, 5) is 11.6. The molecule has 1 amide bonds. The first kappa shape index (κ1) is 13.6. The molecule has 0 aromatic carbocycles. The molecule has 0 bridgehead atoms. The second kappa shape index (κ2) is 6.34. The molecule has 0 saturated heterocycles. The van der Waals surface area contributed by atoms with Gasteiger partial charge in [0.05, 0.1) is 12.6 Å². The molecule has 2 atom stereocenters. The normalized spacial score (nSPS) is 14.4. The van der Waals surface area contributed by atoms with E-state index in [1.807, 2.05) is 14.0 Å². The molecule has 1 rings (SSSR count). The van der Waals surface area contributed by atoms with Gasteiger partial charge in [-0.3, -0.25) is 4.79 Å². The summed E-state index contributed by atoms with van der Waals surface area (Å²) >= 11 is 0. The van der Waals surface area contributed by atoms with E-state index in [4.69, 9.17) is 0 Å². The number of hydrogen-bond acceptors (Lipinski definition) is 4. The average molecular weight is 239 g/mol. The average Bonchev–Trinajstić information content (AvgIpc) is 2.72. The van der Waals surface area contributed by atoms with Crippen molar-refractivity contribution in [3.05, 3.63) is 12.2 Å². The lowest BCUT2D eigenvalue weighted by Gasteiger charge is -2.15. The Morgan fingerprint density at radius 1 is 1.53 bits per heavy atom. The molecule has 0 aliphatic heterocycles. The summed E-state index contributed by atoms with van der Waals surface area (Å²) in [6, 6.07) is 0.222. The zero-order valence-electron chi connectivity index (χ0n) is 10.9. The van der Waals surface area contributed by atoms with E-state index >= 15 is 0 Å². The second-order valence-electron chi connectivity index (χ2n) is 4.28. The van der Waals surface area contributed by atoms with Gasteiger partial charge in [-0.25, -0.2) is 0 Å². The number of amides is 1. The highest BCUT2D eigenvalue weighted by molar-refractivity contribution is 5.78. The number of carbonyl (C=O) groups excluding carboxylic acids is 1. The number of nitrogens with one attached hydrogen (secondary N) is 2. The minimum atomic E-state index is -0.131. The van der Waals surface area contributed by atoms with Gasteiger partial charge in [0.1, 0.15) is 6.33 Å². The Kier molecular flexibility index (Phi) is 5.09. The number of hydrogen-bond donors (Lipinski definition) is 2. The largest absolute Gasteiger partial charge is 0.345 e. The van der Waals surface area contributed by atoms with Crippen LogP contribution in [-0.2, 0) is 11.8 Å². The number of aromatic nitrogens is 3. The SMILES string of the molecule is CCC(C)NCC(=O)NC(C)c1nncn1C. The fraction of sp³-hybridized carbons (Fsp3) is 0.727. The third-order valence-corrected chi connectivity index (χ3v) is 2.73. The van der Waals surface area contributed by atoms with Crippen molar-refractivity contribution in [2.75, 3.05) is 6.54 Å². The minimum Gasteiger partial charge on any atom is -0.345 e. The zero-order chi connectivity index (χ0) is 12.8. The number of nitrogens with zero attached hydrogens (tertiary/aromatic N) is 3. The second-order valence-corrected chi connectivity index (χ2v) is 4.28. The molecule has 6 heteroatoms. The Morgan fingerprint density at radius 3 is 2.76 bits per heavy atom. The highest BCUT2D eigenvalue weighted by Crippen LogP contribution is 2.06. The van der Waals surface area contributed by atoms with E-state index in [0.717, 1.165) is 12.2 Å². The quantitative estimate of drug-likeness (QED) is 0.753. The van der Waals surface area contributed by atoms with Gasteiger partial charge in [0, 0.05) is 13.1 Å². The molecule has 0 aliphatic carbocycles. The molecule has 0 fully saturated rings. The molecule has 0 aliphatic rings. The van der Waals surface area contributed by atoms with Crippen molar-refractivity contribution in [1.82, 2.24) is 25.4 Å². The van der Waals surface area contributed by atoms with E-state index in [1.54, 1.807) is 10.9 Å². The van der Waals surface area contributed by atoms with E-state index in [0.29, 0.717) is 12.6 Å². The first-order valence-corrected chi connectivity index (χ1v) is 5.91. The maximum Gasteiger partial charge on any atom is 0.234 e. The van der Waals surface area contributed by atoms with Crippen LogP contribution in [0.1, 0.15) is 39.1 Å². The van der Waals surface area contributed by atoms with E-state index in [9.17, 15) is 4.79 Å². The number of rotatable bonds is 6. The molecule has 2 N–H and O–H groups in total. The lowest BCUT2D eigenvalue weighted by Crippen LogP contribution is -2.39. The summed E-state index contributed by atoms with van der Waals surface area (Å²) < 4.78 is 1.80. The highest BCUT2D eigenvalue weighted by Gasteiger charge is 2.14. The number of carbonyl (C=O) groups is 1. The first-order chi connectivity index (χ1) is 8.04. The van der Waals surface area contributed by atoms with Crippen molar-refractivity contribution < 1.29 is 4.79 Å². The van der Waals surface area contributed by atoms with Gasteiger partial charge in [-0.2, -0.15) is 0 Å². The summed E-state index contributed by atoms with van der Waals surface area (Å²) in [5.74, 6) is 0.725. The highest BCUT2D eigenvalue weighted by atomic mass is 16.2. The monoisotopic (exact) mass is 239 g/mol. The lowest BCUT2D eigenvalue weighted by atomic mass is 10.2. The standard InChI is InChI=1S/C11H21N5O/c1-5-8(2)12-6-10(17)14-9(3)11-15-13-7-16(11)4/h7-9,12H,5-6H2,1-4H3,(H,14,17). The van der Waals surface area contributed by atoms with Crippen LogP contribution in [0.3, 0.4) is 0 Å². The molecule has 1 aromatic rings. The van der Waals surface area contributed by atoms with Crippen molar-refractivity contribution >= 4 is 5.91 Å². The van der Waals surface area contributed by atoms with Crippen LogP contribution in [-0.4, -0.2) is 33.3 Å². The molecule has 0 saturated carbocycles. The fourth-order valence-corrected chi connectivity index (χ4v) is 1.45. The van der Waals surface area contributed by atoms with Gasteiger partial charge in [0.2, 0.25) is 5.91 Å². The molecule has 1 heterocycles. The van der Waals surface area contributed by atoms with Crippen LogP contribution in [0, 0.1) is 0 Å². The van der Waals surface area contributed by atoms with Crippen LogP contribution < -0.4 is 10.6 Å². The molecule has 96 valence electrons. The van der Waals surface area contributed by atoms with Crippen molar-refractivity contribution in [2.45, 2.75) is 39.3 Å². The van der Waals surface area contributed by atoms with E-state index < -0.39 is 0 Å². The van der Waals surface area contributed by atoms with Gasteiger partial charge in [-0.15, -0.1) is 10.2 Å². The summed E-state index contributed by atoms with van der Waals surface area (Å²) in [6.45, 7) is 6.36. The summed E-state index contributed by atoms with van der Waals surface area (Å²) in [6.07, 6.45) is 2.63. The third kappa shape index (κ3) is 4.14. The minimum absolute atomic E-state index is 0.0270. The van der Waals surface area contributed by atoms with Gasteiger partial charge in [-0.1, -0.05) is 6.92 Å². The molecule has 1 aromatic heterocycles. The predicted molar refractivity (Wildman–Crippen MR) is 65.3 cm³/mol. The lowest BCUT2D eigenvalue weighted by molar-refractivity contribution is -0.121. The van der Waals surface area contributed by atoms with E-state index in [2.05, 4.69) is 34.7 Å². The Hall–Kier alpha value is -1.43. The van der Waals surface area contributed by atoms with E-state index in [-0.39, 0.29) is 11.9 Å². The Balaban J connectivity index is 2.39. The molecule has 0 spiro atoms. The summed E-state index contributed by atoms with van der Waals surface area (Å²) in [5, 5.41) is 13.8. The van der Waals surface area contributed by atoms with E-state index in [1.165, 1.54) is 0 Å². The zero-order valence-corrected chi connectivity index (χ0v) is 10.9. The maximum atomic E-state index is 11.6. The van der Waals surface area contributed by atoms with Crippen LogP contribution in [0.5, 0.6) is 0 Å². The van der Waals surface area contributed by atoms with Crippen molar-refractivity contribution in [3.8, 4) is 0 Å². The molecule has 6 nitrogen and oxygen atoms in total. The molecular weight excluding hydrogens is 218 g/mol. The van der Waals surface area contributed by atoms with Crippen LogP contribution in [0.4, 0.5) is 0 Å². The van der Waals surface area contributed by atoms with Crippen molar-refractivity contribution in [2.24, 2.45) is 7.05 Å². The molecular formula is C11H21N5O. The topological polar surface area (TPSA) is 71.8 Å². The van der Waals surface area contributed by atoms with Gasteiger partial charge in [0.15, 0.2) is 5.82 Å². The summed E-state index contributed by atoms with van der Waals surface area (Å²) in [7, 11) is 1.86. The summed E-state index contributed by atoms with van der Waals surface area (Å²) in [5.41, 5.74) is 0. The Bertz CT molecular complexity index is 362. The maximum absolute atomic E-state index is 11.6. The molecule has 0 radical (unpaired) electrons. The van der Waals surface area contributed by atoms with Crippen LogP contribution >= 0.6 is 0 Å². The van der Waals surface area contributed by atoms with Gasteiger partial charge < -0.3 is 15.2 Å². The molecule has 17 heavy (non-hydrogen) atoms. The number of aryl methyl sites for hydroxylation is 1. The van der Waals surface area contributed by atoms with Crippen molar-refractivity contribution in [1.29, 1.82) is 0 Å². The first-order valence-electron chi connectivity index (χ1n) is 5.91. The molecule has 2 unspecified atom stereocenters. The fourth-order valence-electron chi connectivity index (χ4n) is 1.45. The third-order valence-electron chi connectivity index (χ3n) is 2.73. The van der Waals surface area contributed by atoms with Gasteiger partial charge in [0.25, 0.3) is 0 Å². The Morgan fingerprint density at radius 2 is 2.24 bits per heavy atom. The Labute approximate surface area is 102 Å². The smallest absolute Gasteiger partial charge is 0.234 e.